The minimum Gasteiger partial charge on any atom is -0.378 e. The third-order valence-corrected chi connectivity index (χ3v) is 2.43. The highest BCUT2D eigenvalue weighted by atomic mass is 79.9. The summed E-state index contributed by atoms with van der Waals surface area (Å²) in [5.74, 6) is -4.13. The second kappa shape index (κ2) is 5.36. The summed E-state index contributed by atoms with van der Waals surface area (Å²) in [6, 6.07) is 6.07. The summed E-state index contributed by atoms with van der Waals surface area (Å²) in [5.41, 5.74) is 0.195. The van der Waals surface area contributed by atoms with Crippen molar-refractivity contribution in [3.63, 3.8) is 0 Å². The Kier molecular flexibility index (Phi) is 4.34. The zero-order chi connectivity index (χ0) is 13.1. The Bertz CT molecular complexity index is 442. The molecule has 0 aliphatic heterocycles. The smallest absolute Gasteiger partial charge is 0.324 e. The van der Waals surface area contributed by atoms with E-state index < -0.39 is 18.9 Å². The van der Waals surface area contributed by atoms with E-state index in [4.69, 9.17) is 5.26 Å². The van der Waals surface area contributed by atoms with E-state index in [0.717, 1.165) is 0 Å². The predicted molar refractivity (Wildman–Crippen MR) is 58.3 cm³/mol. The van der Waals surface area contributed by atoms with Crippen molar-refractivity contribution < 1.29 is 17.6 Å². The van der Waals surface area contributed by atoms with Crippen LogP contribution in [0.3, 0.4) is 0 Å². The molecule has 0 saturated heterocycles. The number of alkyl halides is 4. The molecule has 1 aromatic carbocycles. The molecule has 1 rings (SSSR count). The third-order valence-electron chi connectivity index (χ3n) is 1.94. The molecule has 17 heavy (non-hydrogen) atoms. The number of benzene rings is 1. The summed E-state index contributed by atoms with van der Waals surface area (Å²) in [4.78, 5) is 0. The Morgan fingerprint density at radius 3 is 2.59 bits per heavy atom. The summed E-state index contributed by atoms with van der Waals surface area (Å²) in [6.07, 6.45) is -3.74. The first-order chi connectivity index (χ1) is 7.86. The fraction of sp³-hybridized carbons (Fsp3) is 0.300. The Hall–Kier alpha value is -1.29. The number of rotatable bonds is 4. The first kappa shape index (κ1) is 13.8. The summed E-state index contributed by atoms with van der Waals surface area (Å²) < 4.78 is 49.7. The van der Waals surface area contributed by atoms with Crippen LogP contribution in [0, 0.1) is 11.3 Å². The van der Waals surface area contributed by atoms with Gasteiger partial charge >= 0.3 is 12.3 Å². The molecule has 0 saturated carbocycles. The van der Waals surface area contributed by atoms with E-state index in [1.165, 1.54) is 18.2 Å². The summed E-state index contributed by atoms with van der Waals surface area (Å²) in [6.45, 7) is -1.22. The topological polar surface area (TPSA) is 35.8 Å². The van der Waals surface area contributed by atoms with E-state index in [9.17, 15) is 17.6 Å². The zero-order valence-electron chi connectivity index (χ0n) is 8.35. The van der Waals surface area contributed by atoms with Gasteiger partial charge in [-0.1, -0.05) is 15.9 Å². The minimum atomic E-state index is -4.13. The van der Waals surface area contributed by atoms with Gasteiger partial charge in [-0.05, 0) is 18.2 Å². The lowest BCUT2D eigenvalue weighted by Crippen LogP contribution is -2.34. The van der Waals surface area contributed by atoms with Crippen molar-refractivity contribution in [1.29, 1.82) is 5.26 Å². The Morgan fingerprint density at radius 1 is 1.41 bits per heavy atom. The van der Waals surface area contributed by atoms with Gasteiger partial charge in [-0.25, -0.2) is 8.78 Å². The first-order valence-electron chi connectivity index (χ1n) is 4.46. The van der Waals surface area contributed by atoms with Gasteiger partial charge in [-0.15, -0.1) is 0 Å². The molecule has 0 bridgehead atoms. The standard InChI is InChI=1S/C10H7BrF4N2/c11-7-1-2-8(6(3-7)4-16)17-5-10(14,15)9(12)13/h1-3,9,17H,5H2. The van der Waals surface area contributed by atoms with Crippen molar-refractivity contribution in [2.45, 2.75) is 12.3 Å². The SMILES string of the molecule is N#Cc1cc(Br)ccc1NCC(F)(F)C(F)F. The Balaban J connectivity index is 2.80. The average Bonchev–Trinajstić information content (AvgIpc) is 2.27. The highest BCUT2D eigenvalue weighted by Crippen LogP contribution is 2.25. The zero-order valence-corrected chi connectivity index (χ0v) is 9.94. The molecule has 0 aromatic heterocycles. The first-order valence-corrected chi connectivity index (χ1v) is 5.25. The average molecular weight is 311 g/mol. The van der Waals surface area contributed by atoms with E-state index >= 15 is 0 Å². The molecule has 0 atom stereocenters. The fourth-order valence-corrected chi connectivity index (χ4v) is 1.41. The van der Waals surface area contributed by atoms with Crippen molar-refractivity contribution in [3.8, 4) is 6.07 Å². The van der Waals surface area contributed by atoms with Crippen molar-refractivity contribution in [3.05, 3.63) is 28.2 Å². The molecule has 0 fully saturated rings. The third kappa shape index (κ3) is 3.60. The van der Waals surface area contributed by atoms with Crippen LogP contribution >= 0.6 is 15.9 Å². The van der Waals surface area contributed by atoms with Gasteiger partial charge in [0, 0.05) is 4.47 Å². The normalized spacial score (nSPS) is 11.4. The van der Waals surface area contributed by atoms with Crippen molar-refractivity contribution in [1.82, 2.24) is 0 Å². The second-order valence-electron chi connectivity index (χ2n) is 3.22. The molecule has 0 heterocycles. The summed E-state index contributed by atoms with van der Waals surface area (Å²) in [7, 11) is 0. The van der Waals surface area contributed by atoms with Gasteiger partial charge in [0.1, 0.15) is 6.07 Å². The minimum absolute atomic E-state index is 0.0935. The van der Waals surface area contributed by atoms with Crippen LogP contribution in [0.5, 0.6) is 0 Å². The van der Waals surface area contributed by atoms with Crippen molar-refractivity contribution >= 4 is 21.6 Å². The van der Waals surface area contributed by atoms with Crippen LogP contribution in [0.15, 0.2) is 22.7 Å². The predicted octanol–water partition coefficient (Wildman–Crippen LogP) is 3.63. The van der Waals surface area contributed by atoms with Gasteiger partial charge in [0.25, 0.3) is 0 Å². The lowest BCUT2D eigenvalue weighted by Gasteiger charge is -2.17. The van der Waals surface area contributed by atoms with Crippen LogP contribution in [0.1, 0.15) is 5.56 Å². The number of nitrogens with one attached hydrogen (secondary N) is 1. The molecule has 0 spiro atoms. The summed E-state index contributed by atoms with van der Waals surface area (Å²) in [5, 5.41) is 10.9. The van der Waals surface area contributed by atoms with Gasteiger partial charge in [0.05, 0.1) is 17.8 Å². The molecule has 1 aromatic rings. The molecule has 0 radical (unpaired) electrons. The van der Waals surface area contributed by atoms with Crippen LogP contribution in [0.25, 0.3) is 0 Å². The maximum atomic E-state index is 12.6. The van der Waals surface area contributed by atoms with Gasteiger partial charge in [0.15, 0.2) is 0 Å². The number of hydrogen-bond acceptors (Lipinski definition) is 2. The second-order valence-corrected chi connectivity index (χ2v) is 4.13. The highest BCUT2D eigenvalue weighted by Gasteiger charge is 2.40. The molecule has 2 nitrogen and oxygen atoms in total. The lowest BCUT2D eigenvalue weighted by atomic mass is 10.2. The van der Waals surface area contributed by atoms with Crippen LogP contribution in [-0.2, 0) is 0 Å². The lowest BCUT2D eigenvalue weighted by molar-refractivity contribution is -0.117. The molecule has 1 N–H and O–H groups in total. The Labute approximate surface area is 103 Å². The van der Waals surface area contributed by atoms with E-state index in [1.807, 2.05) is 0 Å². The molecular formula is C10H7BrF4N2. The van der Waals surface area contributed by atoms with E-state index in [1.54, 1.807) is 6.07 Å². The van der Waals surface area contributed by atoms with E-state index in [0.29, 0.717) is 4.47 Å². The number of nitrogens with zero attached hydrogens (tertiary/aromatic N) is 1. The fourth-order valence-electron chi connectivity index (χ4n) is 1.05. The monoisotopic (exact) mass is 310 g/mol. The van der Waals surface area contributed by atoms with Crippen molar-refractivity contribution in [2.75, 3.05) is 11.9 Å². The molecule has 0 amide bonds. The highest BCUT2D eigenvalue weighted by molar-refractivity contribution is 9.10. The van der Waals surface area contributed by atoms with Gasteiger partial charge in [-0.3, -0.25) is 0 Å². The van der Waals surface area contributed by atoms with Crippen LogP contribution in [0.2, 0.25) is 0 Å². The number of anilines is 1. The summed E-state index contributed by atoms with van der Waals surface area (Å²) >= 11 is 3.10. The largest absolute Gasteiger partial charge is 0.378 e. The van der Waals surface area contributed by atoms with Gasteiger partial charge < -0.3 is 5.32 Å². The van der Waals surface area contributed by atoms with Crippen LogP contribution in [-0.4, -0.2) is 18.9 Å². The molecule has 0 aliphatic carbocycles. The van der Waals surface area contributed by atoms with Crippen molar-refractivity contribution in [2.24, 2.45) is 0 Å². The van der Waals surface area contributed by atoms with Crippen LogP contribution < -0.4 is 5.32 Å². The van der Waals surface area contributed by atoms with E-state index in [2.05, 4.69) is 21.2 Å². The molecular weight excluding hydrogens is 304 g/mol. The van der Waals surface area contributed by atoms with E-state index in [-0.39, 0.29) is 11.3 Å². The maximum absolute atomic E-state index is 12.6. The number of nitriles is 1. The quantitative estimate of drug-likeness (QED) is 0.862. The molecule has 0 unspecified atom stereocenters. The van der Waals surface area contributed by atoms with Crippen LogP contribution in [0.4, 0.5) is 23.2 Å². The maximum Gasteiger partial charge on any atom is 0.324 e. The molecule has 92 valence electrons. The van der Waals surface area contributed by atoms with Gasteiger partial charge in [0.2, 0.25) is 0 Å². The number of halogens is 5. The molecule has 7 heteroatoms. The molecule has 0 aliphatic rings. The Morgan fingerprint density at radius 2 is 2.06 bits per heavy atom. The van der Waals surface area contributed by atoms with Gasteiger partial charge in [-0.2, -0.15) is 14.0 Å². The number of hydrogen-bond donors (Lipinski definition) is 1.